The standard InChI is InChI=1S/C25H19ClF3N5O2/c26-18-5-1-16(2-6-18)22-13-14-35-24(32-22)31-19-7-3-17(4-8-19)23-30-15-34(33-23)20-9-11-21(12-10-20)36-25(27,28)29/h1-12,15,22H,13-14H2,(H,31,32). The van der Waals surface area contributed by atoms with Crippen LogP contribution in [0.3, 0.4) is 0 Å². The average molecular weight is 514 g/mol. The summed E-state index contributed by atoms with van der Waals surface area (Å²) in [6.07, 6.45) is -2.47. The maximum atomic E-state index is 12.3. The summed E-state index contributed by atoms with van der Waals surface area (Å²) in [6.45, 7) is 0.544. The largest absolute Gasteiger partial charge is 0.573 e. The molecule has 2 heterocycles. The highest BCUT2D eigenvalue weighted by molar-refractivity contribution is 6.30. The van der Waals surface area contributed by atoms with E-state index in [0.29, 0.717) is 29.2 Å². The number of alkyl halides is 3. The van der Waals surface area contributed by atoms with Crippen LogP contribution in [0.15, 0.2) is 84.1 Å². The third kappa shape index (κ3) is 5.77. The smallest absolute Gasteiger partial charge is 0.465 e. The summed E-state index contributed by atoms with van der Waals surface area (Å²) in [5, 5.41) is 8.28. The van der Waals surface area contributed by atoms with Gasteiger partial charge in [0.2, 0.25) is 0 Å². The van der Waals surface area contributed by atoms with Crippen LogP contribution in [0.25, 0.3) is 17.1 Å². The summed E-state index contributed by atoms with van der Waals surface area (Å²) in [5.74, 6) is 0.159. The van der Waals surface area contributed by atoms with E-state index in [1.165, 1.54) is 35.3 Å². The molecule has 0 fully saturated rings. The predicted molar refractivity (Wildman–Crippen MR) is 129 cm³/mol. The van der Waals surface area contributed by atoms with Crippen molar-refractivity contribution in [3.8, 4) is 22.8 Å². The Hall–Kier alpha value is -4.05. The van der Waals surface area contributed by atoms with Gasteiger partial charge in [-0.3, -0.25) is 0 Å². The van der Waals surface area contributed by atoms with Crippen LogP contribution in [0.4, 0.5) is 18.9 Å². The number of nitrogens with one attached hydrogen (secondary N) is 1. The zero-order chi connectivity index (χ0) is 25.1. The Kier molecular flexibility index (Phi) is 6.51. The maximum absolute atomic E-state index is 12.3. The highest BCUT2D eigenvalue weighted by Crippen LogP contribution is 2.27. The molecule has 36 heavy (non-hydrogen) atoms. The van der Waals surface area contributed by atoms with Crippen LogP contribution >= 0.6 is 11.6 Å². The highest BCUT2D eigenvalue weighted by atomic mass is 35.5. The molecule has 0 saturated heterocycles. The fraction of sp³-hybridized carbons (Fsp3) is 0.160. The van der Waals surface area contributed by atoms with E-state index >= 15 is 0 Å². The Morgan fingerprint density at radius 1 is 0.972 bits per heavy atom. The third-order valence-corrected chi connectivity index (χ3v) is 5.63. The first-order valence-electron chi connectivity index (χ1n) is 10.9. The number of benzene rings is 3. The Bertz CT molecular complexity index is 1350. The van der Waals surface area contributed by atoms with E-state index in [4.69, 9.17) is 16.3 Å². The first kappa shape index (κ1) is 23.7. The third-order valence-electron chi connectivity index (χ3n) is 5.38. The van der Waals surface area contributed by atoms with Gasteiger partial charge in [0.15, 0.2) is 5.82 Å². The summed E-state index contributed by atoms with van der Waals surface area (Å²) in [4.78, 5) is 8.96. The number of nitrogens with zero attached hydrogens (tertiary/aromatic N) is 4. The molecule has 1 aliphatic rings. The summed E-state index contributed by atoms with van der Waals surface area (Å²) in [7, 11) is 0. The van der Waals surface area contributed by atoms with Crippen molar-refractivity contribution < 1.29 is 22.6 Å². The van der Waals surface area contributed by atoms with Crippen molar-refractivity contribution in [2.45, 2.75) is 18.8 Å². The molecule has 3 aromatic carbocycles. The van der Waals surface area contributed by atoms with Gasteiger partial charge in [0.25, 0.3) is 6.02 Å². The first-order valence-corrected chi connectivity index (χ1v) is 11.3. The minimum absolute atomic E-state index is 0.0138. The Labute approximate surface area is 209 Å². The number of anilines is 1. The van der Waals surface area contributed by atoms with Gasteiger partial charge >= 0.3 is 6.36 Å². The molecule has 184 valence electrons. The molecule has 1 atom stereocenters. The number of rotatable bonds is 5. The number of amidine groups is 1. The Balaban J connectivity index is 1.25. The van der Waals surface area contributed by atoms with E-state index in [2.05, 4.69) is 25.1 Å². The number of aliphatic imine (C=N–C) groups is 1. The average Bonchev–Trinajstić information content (AvgIpc) is 3.35. The summed E-state index contributed by atoms with van der Waals surface area (Å²) >= 11 is 5.98. The van der Waals surface area contributed by atoms with Crippen molar-refractivity contribution in [3.63, 3.8) is 0 Å². The van der Waals surface area contributed by atoms with Gasteiger partial charge in [-0.05, 0) is 66.2 Å². The van der Waals surface area contributed by atoms with Gasteiger partial charge in [-0.15, -0.1) is 18.3 Å². The van der Waals surface area contributed by atoms with Gasteiger partial charge in [-0.25, -0.2) is 14.7 Å². The molecule has 7 nitrogen and oxygen atoms in total. The van der Waals surface area contributed by atoms with Crippen LogP contribution in [0.2, 0.25) is 5.02 Å². The monoisotopic (exact) mass is 513 g/mol. The molecule has 0 bridgehead atoms. The van der Waals surface area contributed by atoms with Crippen molar-refractivity contribution in [1.82, 2.24) is 14.8 Å². The van der Waals surface area contributed by atoms with E-state index in [9.17, 15) is 13.2 Å². The zero-order valence-corrected chi connectivity index (χ0v) is 19.4. The lowest BCUT2D eigenvalue weighted by molar-refractivity contribution is -0.274. The second kappa shape index (κ2) is 9.90. The van der Waals surface area contributed by atoms with Crippen LogP contribution in [0.5, 0.6) is 5.75 Å². The summed E-state index contributed by atoms with van der Waals surface area (Å²) < 4.78 is 48.1. The van der Waals surface area contributed by atoms with Crippen molar-refractivity contribution in [2.24, 2.45) is 4.99 Å². The van der Waals surface area contributed by atoms with E-state index in [0.717, 1.165) is 23.2 Å². The lowest BCUT2D eigenvalue weighted by Gasteiger charge is -2.22. The fourth-order valence-electron chi connectivity index (χ4n) is 3.65. The van der Waals surface area contributed by atoms with E-state index < -0.39 is 6.36 Å². The molecule has 1 aliphatic heterocycles. The van der Waals surface area contributed by atoms with Gasteiger partial charge < -0.3 is 14.8 Å². The lowest BCUT2D eigenvalue weighted by Crippen LogP contribution is -2.23. The molecule has 0 saturated carbocycles. The van der Waals surface area contributed by atoms with Crippen molar-refractivity contribution in [1.29, 1.82) is 0 Å². The molecule has 11 heteroatoms. The molecular formula is C25H19ClF3N5O2. The van der Waals surface area contributed by atoms with E-state index in [1.807, 2.05) is 48.5 Å². The second-order valence-electron chi connectivity index (χ2n) is 7.90. The SMILES string of the molecule is FC(F)(F)Oc1ccc(-n2cnc(-c3ccc(NC4=NC(c5ccc(Cl)cc5)CCO4)cc3)n2)cc1. The minimum atomic E-state index is -4.74. The van der Waals surface area contributed by atoms with Gasteiger partial charge in [0.1, 0.15) is 12.1 Å². The van der Waals surface area contributed by atoms with E-state index in [-0.39, 0.29) is 11.8 Å². The molecule has 1 aromatic heterocycles. The summed E-state index contributed by atoms with van der Waals surface area (Å²) in [5.41, 5.74) is 3.17. The van der Waals surface area contributed by atoms with Gasteiger partial charge in [0, 0.05) is 22.7 Å². The molecule has 0 radical (unpaired) electrons. The maximum Gasteiger partial charge on any atom is 0.573 e. The van der Waals surface area contributed by atoms with Crippen LogP contribution in [0.1, 0.15) is 18.0 Å². The van der Waals surface area contributed by atoms with Crippen molar-refractivity contribution in [3.05, 3.63) is 89.7 Å². The molecule has 1 N–H and O–H groups in total. The highest BCUT2D eigenvalue weighted by Gasteiger charge is 2.31. The minimum Gasteiger partial charge on any atom is -0.465 e. The molecule has 0 aliphatic carbocycles. The van der Waals surface area contributed by atoms with Crippen LogP contribution in [0, 0.1) is 0 Å². The number of aromatic nitrogens is 3. The molecule has 1 unspecified atom stereocenters. The van der Waals surface area contributed by atoms with E-state index in [1.54, 1.807) is 0 Å². The zero-order valence-electron chi connectivity index (χ0n) is 18.6. The van der Waals surface area contributed by atoms with Gasteiger partial charge in [-0.1, -0.05) is 23.7 Å². The molecule has 4 aromatic rings. The molecule has 0 amide bonds. The van der Waals surface area contributed by atoms with Crippen LogP contribution in [-0.2, 0) is 4.74 Å². The Morgan fingerprint density at radius 3 is 2.39 bits per heavy atom. The van der Waals surface area contributed by atoms with Gasteiger partial charge in [0.05, 0.1) is 18.3 Å². The number of halogens is 4. The van der Waals surface area contributed by atoms with Crippen molar-refractivity contribution in [2.75, 3.05) is 11.9 Å². The van der Waals surface area contributed by atoms with Gasteiger partial charge in [-0.2, -0.15) is 0 Å². The molecular weight excluding hydrogens is 495 g/mol. The molecule has 5 rings (SSSR count). The normalized spacial score (nSPS) is 15.7. The lowest BCUT2D eigenvalue weighted by atomic mass is 10.0. The quantitative estimate of drug-likeness (QED) is 0.333. The number of hydrogen-bond acceptors (Lipinski definition) is 6. The van der Waals surface area contributed by atoms with Crippen LogP contribution < -0.4 is 10.1 Å². The topological polar surface area (TPSA) is 73.6 Å². The van der Waals surface area contributed by atoms with Crippen molar-refractivity contribution >= 4 is 23.3 Å². The summed E-state index contributed by atoms with van der Waals surface area (Å²) in [6, 6.07) is 20.8. The second-order valence-corrected chi connectivity index (χ2v) is 8.33. The predicted octanol–water partition coefficient (Wildman–Crippen LogP) is 6.42. The number of ether oxygens (including phenoxy) is 2. The fourth-order valence-corrected chi connectivity index (χ4v) is 3.78. The first-order chi connectivity index (χ1) is 17.3. The van der Waals surface area contributed by atoms with Crippen LogP contribution in [-0.4, -0.2) is 33.8 Å². The molecule has 0 spiro atoms. The number of hydrogen-bond donors (Lipinski definition) is 1. The Morgan fingerprint density at radius 2 is 1.69 bits per heavy atom.